The van der Waals surface area contributed by atoms with E-state index in [2.05, 4.69) is 10.3 Å². The lowest BCUT2D eigenvalue weighted by Gasteiger charge is -2.04. The number of nitrogens with zero attached hydrogens (tertiary/aromatic N) is 2. The SMILES string of the molecule is Cl.Cn1cc(N)cc1C(=O)NCCN=C(N)NO. The highest BCUT2D eigenvalue weighted by atomic mass is 35.5. The minimum absolute atomic E-state index is 0. The first-order valence-electron chi connectivity index (χ1n) is 4.94. The molecule has 0 atom stereocenters. The summed E-state index contributed by atoms with van der Waals surface area (Å²) in [6.07, 6.45) is 1.65. The van der Waals surface area contributed by atoms with Crippen LogP contribution in [-0.4, -0.2) is 34.7 Å². The van der Waals surface area contributed by atoms with Crippen LogP contribution in [0.2, 0.25) is 0 Å². The lowest BCUT2D eigenvalue weighted by atomic mass is 10.4. The van der Waals surface area contributed by atoms with Crippen LogP contribution < -0.4 is 22.3 Å². The highest BCUT2D eigenvalue weighted by molar-refractivity contribution is 5.93. The van der Waals surface area contributed by atoms with Gasteiger partial charge in [-0.2, -0.15) is 0 Å². The van der Waals surface area contributed by atoms with Crippen LogP contribution in [0.25, 0.3) is 0 Å². The van der Waals surface area contributed by atoms with Crippen molar-refractivity contribution in [3.8, 4) is 0 Å². The Morgan fingerprint density at radius 1 is 1.61 bits per heavy atom. The van der Waals surface area contributed by atoms with Crippen LogP contribution in [0.15, 0.2) is 17.3 Å². The van der Waals surface area contributed by atoms with E-state index in [4.69, 9.17) is 16.7 Å². The maximum Gasteiger partial charge on any atom is 0.268 e. The molecule has 0 saturated carbocycles. The van der Waals surface area contributed by atoms with Gasteiger partial charge in [0.2, 0.25) is 5.96 Å². The van der Waals surface area contributed by atoms with Gasteiger partial charge >= 0.3 is 0 Å². The standard InChI is InChI=1S/C9H16N6O2.ClH/c1-15-5-6(10)4-7(15)8(16)12-2-3-13-9(11)14-17;/h4-5,17H,2-3,10H2,1H3,(H,12,16)(H3,11,13,14);1H. The molecule has 0 aliphatic rings. The van der Waals surface area contributed by atoms with E-state index in [1.807, 2.05) is 0 Å². The van der Waals surface area contributed by atoms with Crippen molar-refractivity contribution in [2.75, 3.05) is 18.8 Å². The molecule has 0 fully saturated rings. The van der Waals surface area contributed by atoms with Gasteiger partial charge in [0, 0.05) is 19.8 Å². The normalized spacial score (nSPS) is 10.7. The van der Waals surface area contributed by atoms with Crippen LogP contribution in [-0.2, 0) is 7.05 Å². The van der Waals surface area contributed by atoms with Gasteiger partial charge in [0.1, 0.15) is 5.69 Å². The number of rotatable bonds is 4. The predicted octanol–water partition coefficient (Wildman–Crippen LogP) is -0.948. The molecule has 1 aromatic heterocycles. The number of hydroxylamine groups is 1. The topological polar surface area (TPSA) is 131 Å². The summed E-state index contributed by atoms with van der Waals surface area (Å²) >= 11 is 0. The summed E-state index contributed by atoms with van der Waals surface area (Å²) in [5, 5.41) is 11.0. The number of aliphatic imine (C=N–C) groups is 1. The Hall–Kier alpha value is -1.93. The summed E-state index contributed by atoms with van der Waals surface area (Å²) in [6, 6.07) is 1.59. The number of nitrogen functional groups attached to an aromatic ring is 1. The van der Waals surface area contributed by atoms with Gasteiger partial charge in [0.05, 0.1) is 12.2 Å². The predicted molar refractivity (Wildman–Crippen MR) is 70.8 cm³/mol. The molecule has 8 nitrogen and oxygen atoms in total. The van der Waals surface area contributed by atoms with Gasteiger partial charge in [-0.1, -0.05) is 0 Å². The molecule has 0 unspecified atom stereocenters. The smallest absolute Gasteiger partial charge is 0.268 e. The molecule has 1 heterocycles. The Labute approximate surface area is 110 Å². The van der Waals surface area contributed by atoms with E-state index in [0.29, 0.717) is 17.9 Å². The van der Waals surface area contributed by atoms with Gasteiger partial charge in [-0.25, -0.2) is 10.5 Å². The third-order valence-corrected chi connectivity index (χ3v) is 2.05. The van der Waals surface area contributed by atoms with Gasteiger partial charge in [0.25, 0.3) is 5.91 Å². The zero-order valence-electron chi connectivity index (χ0n) is 9.88. The van der Waals surface area contributed by atoms with Crippen molar-refractivity contribution in [2.45, 2.75) is 0 Å². The number of aromatic nitrogens is 1. The summed E-state index contributed by atoms with van der Waals surface area (Å²) < 4.78 is 1.64. The van der Waals surface area contributed by atoms with Crippen molar-refractivity contribution in [3.63, 3.8) is 0 Å². The number of nitrogens with one attached hydrogen (secondary N) is 2. The zero-order valence-corrected chi connectivity index (χ0v) is 10.7. The molecule has 0 aromatic carbocycles. The zero-order chi connectivity index (χ0) is 12.8. The summed E-state index contributed by atoms with van der Waals surface area (Å²) in [5.74, 6) is -0.336. The molecule has 0 radical (unpaired) electrons. The van der Waals surface area contributed by atoms with Crippen LogP contribution in [0.4, 0.5) is 5.69 Å². The quantitative estimate of drug-likeness (QED) is 0.209. The number of hydrogen-bond acceptors (Lipinski definition) is 4. The number of halogens is 1. The molecule has 1 rings (SSSR count). The fourth-order valence-corrected chi connectivity index (χ4v) is 1.29. The van der Waals surface area contributed by atoms with E-state index in [0.717, 1.165) is 0 Å². The first-order valence-corrected chi connectivity index (χ1v) is 4.94. The third kappa shape index (κ3) is 4.52. The number of amides is 1. The number of nitrogens with two attached hydrogens (primary N) is 2. The van der Waals surface area contributed by atoms with Crippen LogP contribution in [0.3, 0.4) is 0 Å². The highest BCUT2D eigenvalue weighted by Gasteiger charge is 2.09. The molecule has 18 heavy (non-hydrogen) atoms. The Balaban J connectivity index is 0.00000289. The molecular formula is C9H17ClN6O2. The summed E-state index contributed by atoms with van der Waals surface area (Å²) in [4.78, 5) is 15.4. The van der Waals surface area contributed by atoms with Crippen LogP contribution in [0.5, 0.6) is 0 Å². The monoisotopic (exact) mass is 276 g/mol. The molecule has 0 bridgehead atoms. The second kappa shape index (κ2) is 7.41. The molecular weight excluding hydrogens is 260 g/mol. The Morgan fingerprint density at radius 2 is 2.28 bits per heavy atom. The second-order valence-corrected chi connectivity index (χ2v) is 3.40. The number of aryl methyl sites for hydroxylation is 1. The van der Waals surface area contributed by atoms with Gasteiger partial charge in [0.15, 0.2) is 0 Å². The highest BCUT2D eigenvalue weighted by Crippen LogP contribution is 2.07. The average Bonchev–Trinajstić information content (AvgIpc) is 2.63. The first kappa shape index (κ1) is 16.1. The lowest BCUT2D eigenvalue weighted by Crippen LogP contribution is -2.31. The fourth-order valence-electron chi connectivity index (χ4n) is 1.29. The Morgan fingerprint density at radius 3 is 2.78 bits per heavy atom. The van der Waals surface area contributed by atoms with Crippen molar-refractivity contribution < 1.29 is 10.0 Å². The number of hydrogen-bond donors (Lipinski definition) is 5. The van der Waals surface area contributed by atoms with E-state index in [1.165, 1.54) is 0 Å². The largest absolute Gasteiger partial charge is 0.397 e. The van der Waals surface area contributed by atoms with Crippen molar-refractivity contribution in [1.29, 1.82) is 0 Å². The van der Waals surface area contributed by atoms with Crippen LogP contribution in [0, 0.1) is 0 Å². The van der Waals surface area contributed by atoms with E-state index in [1.54, 1.807) is 29.4 Å². The number of carbonyl (C=O) groups excluding carboxylic acids is 1. The number of carbonyl (C=O) groups is 1. The van der Waals surface area contributed by atoms with Gasteiger partial charge in [-0.3, -0.25) is 10.0 Å². The molecule has 0 aliphatic carbocycles. The second-order valence-electron chi connectivity index (χ2n) is 3.40. The first-order chi connectivity index (χ1) is 8.04. The molecule has 102 valence electrons. The molecule has 1 aromatic rings. The Kier molecular flexibility index (Phi) is 6.61. The van der Waals surface area contributed by atoms with Crippen LogP contribution in [0.1, 0.15) is 10.5 Å². The average molecular weight is 277 g/mol. The van der Waals surface area contributed by atoms with E-state index >= 15 is 0 Å². The van der Waals surface area contributed by atoms with E-state index in [-0.39, 0.29) is 30.8 Å². The van der Waals surface area contributed by atoms with E-state index < -0.39 is 0 Å². The van der Waals surface area contributed by atoms with Crippen molar-refractivity contribution in [2.24, 2.45) is 17.8 Å². The maximum absolute atomic E-state index is 11.7. The molecule has 1 amide bonds. The van der Waals surface area contributed by atoms with E-state index in [9.17, 15) is 4.79 Å². The minimum Gasteiger partial charge on any atom is -0.397 e. The lowest BCUT2D eigenvalue weighted by molar-refractivity contribution is 0.0946. The number of anilines is 1. The molecule has 0 spiro atoms. The molecule has 0 saturated heterocycles. The van der Waals surface area contributed by atoms with Crippen molar-refractivity contribution in [1.82, 2.24) is 15.4 Å². The van der Waals surface area contributed by atoms with Crippen molar-refractivity contribution in [3.05, 3.63) is 18.0 Å². The minimum atomic E-state index is -0.241. The summed E-state index contributed by atoms with van der Waals surface area (Å²) in [7, 11) is 1.73. The number of guanidine groups is 1. The third-order valence-electron chi connectivity index (χ3n) is 2.05. The van der Waals surface area contributed by atoms with Crippen LogP contribution >= 0.6 is 12.4 Å². The van der Waals surface area contributed by atoms with Gasteiger partial charge < -0.3 is 21.4 Å². The van der Waals surface area contributed by atoms with Gasteiger partial charge in [-0.05, 0) is 6.07 Å². The summed E-state index contributed by atoms with van der Waals surface area (Å²) in [6.45, 7) is 0.581. The maximum atomic E-state index is 11.7. The van der Waals surface area contributed by atoms with Gasteiger partial charge in [-0.15, -0.1) is 12.4 Å². The molecule has 7 N–H and O–H groups in total. The summed E-state index contributed by atoms with van der Waals surface area (Å²) in [5.41, 5.74) is 13.4. The fraction of sp³-hybridized carbons (Fsp3) is 0.333. The Bertz CT molecular complexity index is 431. The molecule has 9 heteroatoms. The van der Waals surface area contributed by atoms with Crippen molar-refractivity contribution >= 4 is 30.0 Å². The molecule has 0 aliphatic heterocycles.